The van der Waals surface area contributed by atoms with E-state index in [4.69, 9.17) is 15.2 Å². The summed E-state index contributed by atoms with van der Waals surface area (Å²) in [6, 6.07) is -0.443. The summed E-state index contributed by atoms with van der Waals surface area (Å²) in [5, 5.41) is 0. The molecule has 1 aliphatic carbocycles. The number of hydrogen-bond donors (Lipinski definition) is 1. The van der Waals surface area contributed by atoms with Gasteiger partial charge in [-0.1, -0.05) is 18.2 Å². The lowest BCUT2D eigenvalue weighted by atomic mass is 10.0. The Bertz CT molecular complexity index is 388. The van der Waals surface area contributed by atoms with Crippen LogP contribution in [-0.2, 0) is 19.3 Å². The van der Waals surface area contributed by atoms with Gasteiger partial charge in [0.05, 0.1) is 18.4 Å². The monoisotopic (exact) mass is 247 g/mol. The van der Waals surface area contributed by atoms with E-state index in [0.717, 1.165) is 6.26 Å². The number of hydrogen-bond acceptors (Lipinski definition) is 5. The van der Waals surface area contributed by atoms with Crippen molar-refractivity contribution in [2.75, 3.05) is 25.7 Å². The molecule has 0 bridgehead atoms. The Labute approximate surface area is 95.8 Å². The van der Waals surface area contributed by atoms with Crippen LogP contribution in [0.4, 0.5) is 0 Å². The molecule has 92 valence electrons. The molecule has 1 aliphatic rings. The Morgan fingerprint density at radius 1 is 1.44 bits per heavy atom. The second kappa shape index (κ2) is 5.09. The number of sulfone groups is 1. The summed E-state index contributed by atoms with van der Waals surface area (Å²) in [6.07, 6.45) is 8.13. The van der Waals surface area contributed by atoms with Crippen molar-refractivity contribution in [3.05, 3.63) is 24.3 Å². The Morgan fingerprint density at radius 3 is 2.62 bits per heavy atom. The van der Waals surface area contributed by atoms with Crippen molar-refractivity contribution in [2.24, 2.45) is 5.73 Å². The molecule has 0 aromatic carbocycles. The molecule has 0 fully saturated rings. The SMILES string of the molecule is COC1(OCCS(C)(=O)=O)C=CC=CC1N. The molecule has 0 saturated carbocycles. The molecule has 0 aromatic rings. The van der Waals surface area contributed by atoms with Crippen molar-refractivity contribution < 1.29 is 17.9 Å². The minimum Gasteiger partial charge on any atom is -0.348 e. The van der Waals surface area contributed by atoms with E-state index < -0.39 is 21.7 Å². The first kappa shape index (κ1) is 13.4. The highest BCUT2D eigenvalue weighted by Gasteiger charge is 2.35. The van der Waals surface area contributed by atoms with Gasteiger partial charge in [-0.25, -0.2) is 8.42 Å². The van der Waals surface area contributed by atoms with Crippen molar-refractivity contribution in [3.63, 3.8) is 0 Å². The van der Waals surface area contributed by atoms with Crippen LogP contribution in [0.25, 0.3) is 0 Å². The smallest absolute Gasteiger partial charge is 0.207 e. The predicted molar refractivity (Wildman–Crippen MR) is 61.7 cm³/mol. The fraction of sp³-hybridized carbons (Fsp3) is 0.600. The van der Waals surface area contributed by atoms with Crippen molar-refractivity contribution in [2.45, 2.75) is 11.8 Å². The number of rotatable bonds is 5. The fourth-order valence-corrected chi connectivity index (χ4v) is 1.76. The van der Waals surface area contributed by atoms with E-state index >= 15 is 0 Å². The maximum Gasteiger partial charge on any atom is 0.207 e. The van der Waals surface area contributed by atoms with Crippen LogP contribution in [0.3, 0.4) is 0 Å². The standard InChI is InChI=1S/C10H17NO4S/c1-14-10(6-4-3-5-9(10)11)15-7-8-16(2,12)13/h3-6,9H,7-8,11H2,1-2H3. The Balaban J connectivity index is 2.61. The molecule has 0 aromatic heterocycles. The summed E-state index contributed by atoms with van der Waals surface area (Å²) in [5.41, 5.74) is 5.84. The number of ether oxygens (including phenoxy) is 2. The van der Waals surface area contributed by atoms with E-state index in [9.17, 15) is 8.42 Å². The minimum atomic E-state index is -3.04. The van der Waals surface area contributed by atoms with Crippen molar-refractivity contribution in [1.82, 2.24) is 0 Å². The summed E-state index contributed by atoms with van der Waals surface area (Å²) in [7, 11) is -1.56. The second-order valence-corrected chi connectivity index (χ2v) is 5.93. The summed E-state index contributed by atoms with van der Waals surface area (Å²) >= 11 is 0. The maximum absolute atomic E-state index is 11.0. The third-order valence-corrected chi connectivity index (χ3v) is 3.23. The van der Waals surface area contributed by atoms with Crippen LogP contribution in [0, 0.1) is 0 Å². The van der Waals surface area contributed by atoms with Gasteiger partial charge in [-0.15, -0.1) is 0 Å². The largest absolute Gasteiger partial charge is 0.348 e. The number of methoxy groups -OCH3 is 1. The average molecular weight is 247 g/mol. The minimum absolute atomic E-state index is 0.0532. The van der Waals surface area contributed by atoms with E-state index in [-0.39, 0.29) is 12.4 Å². The predicted octanol–water partition coefficient (Wildman–Crippen LogP) is -0.156. The highest BCUT2D eigenvalue weighted by Crippen LogP contribution is 2.22. The zero-order valence-corrected chi connectivity index (χ0v) is 10.2. The average Bonchev–Trinajstić information content (AvgIpc) is 2.19. The highest BCUT2D eigenvalue weighted by atomic mass is 32.2. The van der Waals surface area contributed by atoms with E-state index in [0.29, 0.717) is 0 Å². The number of allylic oxidation sites excluding steroid dienone is 2. The van der Waals surface area contributed by atoms with Gasteiger partial charge >= 0.3 is 0 Å². The summed E-state index contributed by atoms with van der Waals surface area (Å²) in [5.74, 6) is -1.11. The van der Waals surface area contributed by atoms with E-state index in [1.54, 1.807) is 24.3 Å². The van der Waals surface area contributed by atoms with E-state index in [2.05, 4.69) is 0 Å². The zero-order chi connectivity index (χ0) is 12.2. The quantitative estimate of drug-likeness (QED) is 0.683. The van der Waals surface area contributed by atoms with Gasteiger partial charge in [0.1, 0.15) is 9.84 Å². The molecule has 0 spiro atoms. The molecule has 0 radical (unpaired) electrons. The Hall–Kier alpha value is -0.690. The molecule has 0 heterocycles. The Morgan fingerprint density at radius 2 is 2.12 bits per heavy atom. The molecule has 1 rings (SSSR count). The van der Waals surface area contributed by atoms with Crippen LogP contribution in [0.5, 0.6) is 0 Å². The van der Waals surface area contributed by atoms with Gasteiger partial charge in [-0.2, -0.15) is 0 Å². The maximum atomic E-state index is 11.0. The first-order chi connectivity index (χ1) is 7.40. The molecule has 0 saturated heterocycles. The van der Waals surface area contributed by atoms with Crippen LogP contribution < -0.4 is 5.73 Å². The van der Waals surface area contributed by atoms with Crippen LogP contribution in [0.15, 0.2) is 24.3 Å². The van der Waals surface area contributed by atoms with E-state index in [1.807, 2.05) is 0 Å². The van der Waals surface area contributed by atoms with E-state index in [1.165, 1.54) is 7.11 Å². The molecule has 2 unspecified atom stereocenters. The molecule has 16 heavy (non-hydrogen) atoms. The third kappa shape index (κ3) is 3.41. The van der Waals surface area contributed by atoms with Crippen molar-refractivity contribution in [3.8, 4) is 0 Å². The topological polar surface area (TPSA) is 78.6 Å². The van der Waals surface area contributed by atoms with Crippen LogP contribution >= 0.6 is 0 Å². The Kier molecular flexibility index (Phi) is 4.26. The molecule has 2 N–H and O–H groups in total. The van der Waals surface area contributed by atoms with Gasteiger partial charge in [0.15, 0.2) is 0 Å². The van der Waals surface area contributed by atoms with Crippen LogP contribution in [0.2, 0.25) is 0 Å². The first-order valence-corrected chi connectivity index (χ1v) is 6.94. The first-order valence-electron chi connectivity index (χ1n) is 4.88. The second-order valence-electron chi connectivity index (χ2n) is 3.67. The summed E-state index contributed by atoms with van der Waals surface area (Å²) in [6.45, 7) is 0.0541. The molecule has 0 amide bonds. The van der Waals surface area contributed by atoms with Gasteiger partial charge in [-0.3, -0.25) is 0 Å². The molecule has 2 atom stereocenters. The number of nitrogens with two attached hydrogens (primary N) is 1. The molecule has 6 heteroatoms. The van der Waals surface area contributed by atoms with Crippen LogP contribution in [0.1, 0.15) is 0 Å². The summed E-state index contributed by atoms with van der Waals surface area (Å²) in [4.78, 5) is 0. The van der Waals surface area contributed by atoms with Gasteiger partial charge in [0, 0.05) is 13.4 Å². The van der Waals surface area contributed by atoms with Gasteiger partial charge in [0.25, 0.3) is 0 Å². The zero-order valence-electron chi connectivity index (χ0n) is 9.42. The van der Waals surface area contributed by atoms with Crippen LogP contribution in [-0.4, -0.2) is 46.0 Å². The molecular formula is C10H17NO4S. The molecule has 5 nitrogen and oxygen atoms in total. The third-order valence-electron chi connectivity index (χ3n) is 2.32. The molecule has 0 aliphatic heterocycles. The van der Waals surface area contributed by atoms with Gasteiger partial charge < -0.3 is 15.2 Å². The normalized spacial score (nSPS) is 29.6. The lowest BCUT2D eigenvalue weighted by molar-refractivity contribution is -0.190. The van der Waals surface area contributed by atoms with Gasteiger partial charge in [0.2, 0.25) is 5.79 Å². The fourth-order valence-electron chi connectivity index (χ4n) is 1.38. The van der Waals surface area contributed by atoms with Gasteiger partial charge in [-0.05, 0) is 6.08 Å². The lowest BCUT2D eigenvalue weighted by Crippen LogP contribution is -2.50. The highest BCUT2D eigenvalue weighted by molar-refractivity contribution is 7.90. The van der Waals surface area contributed by atoms with Crippen molar-refractivity contribution in [1.29, 1.82) is 0 Å². The molecular weight excluding hydrogens is 230 g/mol. The lowest BCUT2D eigenvalue weighted by Gasteiger charge is -2.34. The summed E-state index contributed by atoms with van der Waals surface area (Å²) < 4.78 is 32.6. The van der Waals surface area contributed by atoms with Crippen molar-refractivity contribution >= 4 is 9.84 Å².